The summed E-state index contributed by atoms with van der Waals surface area (Å²) in [5.41, 5.74) is 1.51. The Labute approximate surface area is 75.1 Å². The van der Waals surface area contributed by atoms with E-state index < -0.39 is 0 Å². The monoisotopic (exact) mass is 177 g/mol. The lowest BCUT2D eigenvalue weighted by Gasteiger charge is -1.99. The van der Waals surface area contributed by atoms with Crippen LogP contribution in [0.15, 0.2) is 18.7 Å². The van der Waals surface area contributed by atoms with E-state index in [1.165, 1.54) is 12.1 Å². The number of rotatable bonds is 1. The summed E-state index contributed by atoms with van der Waals surface area (Å²) in [6.07, 6.45) is 1.52. The molecule has 2 rings (SSSR count). The first-order chi connectivity index (χ1) is 6.22. The van der Waals surface area contributed by atoms with Gasteiger partial charge in [-0.3, -0.25) is 4.79 Å². The Morgan fingerprint density at radius 3 is 3.00 bits per heavy atom. The average molecular weight is 177 g/mol. The van der Waals surface area contributed by atoms with Crippen LogP contribution in [0.3, 0.4) is 0 Å². The fraction of sp³-hybridized carbons (Fsp3) is 0.100. The van der Waals surface area contributed by atoms with Crippen LogP contribution >= 0.6 is 0 Å². The standard InChI is InChI=1S/C10H8FNO/c1-2-6-3-7-8(9(11)4-6)5-12-10(7)13/h2-4H,1,5H2,(H,12,13). The van der Waals surface area contributed by atoms with Gasteiger partial charge < -0.3 is 5.32 Å². The molecular formula is C10H8FNO. The number of hydrogen-bond donors (Lipinski definition) is 1. The molecule has 13 heavy (non-hydrogen) atoms. The maximum atomic E-state index is 13.3. The first-order valence-electron chi connectivity index (χ1n) is 3.95. The van der Waals surface area contributed by atoms with Gasteiger partial charge in [0.25, 0.3) is 5.91 Å². The van der Waals surface area contributed by atoms with Crippen molar-refractivity contribution < 1.29 is 9.18 Å². The highest BCUT2D eigenvalue weighted by Gasteiger charge is 2.22. The summed E-state index contributed by atoms with van der Waals surface area (Å²) in [7, 11) is 0. The summed E-state index contributed by atoms with van der Waals surface area (Å²) in [6, 6.07) is 3.03. The Bertz CT molecular complexity index is 398. The van der Waals surface area contributed by atoms with E-state index in [0.717, 1.165) is 0 Å². The van der Waals surface area contributed by atoms with Crippen LogP contribution < -0.4 is 5.32 Å². The van der Waals surface area contributed by atoms with Gasteiger partial charge in [0.2, 0.25) is 0 Å². The van der Waals surface area contributed by atoms with E-state index in [1.54, 1.807) is 6.07 Å². The maximum absolute atomic E-state index is 13.3. The molecule has 0 fully saturated rings. The van der Waals surface area contributed by atoms with Gasteiger partial charge in [-0.05, 0) is 17.7 Å². The van der Waals surface area contributed by atoms with Gasteiger partial charge in [0.15, 0.2) is 0 Å². The minimum atomic E-state index is -0.342. The number of amides is 1. The molecule has 3 heteroatoms. The molecule has 1 aromatic carbocycles. The molecule has 1 N–H and O–H groups in total. The van der Waals surface area contributed by atoms with Crippen LogP contribution in [-0.2, 0) is 6.54 Å². The van der Waals surface area contributed by atoms with Crippen molar-refractivity contribution in [2.45, 2.75) is 6.54 Å². The summed E-state index contributed by atoms with van der Waals surface area (Å²) in [6.45, 7) is 3.81. The molecule has 66 valence electrons. The van der Waals surface area contributed by atoms with Crippen LogP contribution in [-0.4, -0.2) is 5.91 Å². The molecule has 1 aliphatic heterocycles. The van der Waals surface area contributed by atoms with Crippen molar-refractivity contribution in [2.24, 2.45) is 0 Å². The number of carbonyl (C=O) groups excluding carboxylic acids is 1. The minimum Gasteiger partial charge on any atom is -0.348 e. The van der Waals surface area contributed by atoms with E-state index in [2.05, 4.69) is 11.9 Å². The number of carbonyl (C=O) groups is 1. The van der Waals surface area contributed by atoms with Crippen molar-refractivity contribution >= 4 is 12.0 Å². The molecule has 0 radical (unpaired) electrons. The Kier molecular flexibility index (Phi) is 1.65. The average Bonchev–Trinajstić information content (AvgIpc) is 2.48. The predicted octanol–water partition coefficient (Wildman–Crippen LogP) is 1.71. The van der Waals surface area contributed by atoms with E-state index in [1.807, 2.05) is 0 Å². The Morgan fingerprint density at radius 2 is 2.31 bits per heavy atom. The summed E-state index contributed by atoms with van der Waals surface area (Å²) in [4.78, 5) is 11.2. The predicted molar refractivity (Wildman–Crippen MR) is 47.7 cm³/mol. The van der Waals surface area contributed by atoms with Gasteiger partial charge in [-0.1, -0.05) is 12.7 Å². The first kappa shape index (κ1) is 7.98. The highest BCUT2D eigenvalue weighted by molar-refractivity contribution is 5.98. The van der Waals surface area contributed by atoms with Gasteiger partial charge in [0.1, 0.15) is 5.82 Å². The minimum absolute atomic E-state index is 0.211. The largest absolute Gasteiger partial charge is 0.348 e. The molecular weight excluding hydrogens is 169 g/mol. The molecule has 0 aromatic heterocycles. The topological polar surface area (TPSA) is 29.1 Å². The normalized spacial score (nSPS) is 13.8. The summed E-state index contributed by atoms with van der Waals surface area (Å²) in [5.74, 6) is -0.552. The van der Waals surface area contributed by atoms with Crippen molar-refractivity contribution in [3.63, 3.8) is 0 Å². The number of nitrogens with one attached hydrogen (secondary N) is 1. The van der Waals surface area contributed by atoms with Crippen molar-refractivity contribution in [1.29, 1.82) is 0 Å². The second kappa shape index (κ2) is 2.69. The molecule has 1 aliphatic rings. The van der Waals surface area contributed by atoms with Crippen molar-refractivity contribution in [3.05, 3.63) is 41.2 Å². The zero-order valence-electron chi connectivity index (χ0n) is 6.93. The molecule has 0 bridgehead atoms. The molecule has 0 spiro atoms. The number of fused-ring (bicyclic) bond motifs is 1. The molecule has 0 saturated heterocycles. The summed E-state index contributed by atoms with van der Waals surface area (Å²) < 4.78 is 13.3. The van der Waals surface area contributed by atoms with Crippen molar-refractivity contribution in [1.82, 2.24) is 5.32 Å². The van der Waals surface area contributed by atoms with E-state index >= 15 is 0 Å². The van der Waals surface area contributed by atoms with E-state index in [-0.39, 0.29) is 18.3 Å². The molecule has 1 aromatic rings. The fourth-order valence-electron chi connectivity index (χ4n) is 1.42. The molecule has 0 aliphatic carbocycles. The van der Waals surface area contributed by atoms with Crippen LogP contribution in [0.5, 0.6) is 0 Å². The third-order valence-corrected chi connectivity index (χ3v) is 2.12. The lowest BCUT2D eigenvalue weighted by molar-refractivity contribution is 0.0965. The molecule has 2 nitrogen and oxygen atoms in total. The van der Waals surface area contributed by atoms with E-state index in [4.69, 9.17) is 0 Å². The molecule has 0 unspecified atom stereocenters. The lowest BCUT2D eigenvalue weighted by Crippen LogP contribution is -2.12. The maximum Gasteiger partial charge on any atom is 0.252 e. The van der Waals surface area contributed by atoms with Crippen LogP contribution in [0.2, 0.25) is 0 Å². The first-order valence-corrected chi connectivity index (χ1v) is 3.95. The van der Waals surface area contributed by atoms with Crippen LogP contribution in [0.1, 0.15) is 21.5 Å². The van der Waals surface area contributed by atoms with Crippen LogP contribution in [0.25, 0.3) is 6.08 Å². The Hall–Kier alpha value is -1.64. The number of halogens is 1. The van der Waals surface area contributed by atoms with Gasteiger partial charge in [0, 0.05) is 17.7 Å². The van der Waals surface area contributed by atoms with Crippen LogP contribution in [0.4, 0.5) is 4.39 Å². The van der Waals surface area contributed by atoms with Crippen molar-refractivity contribution in [2.75, 3.05) is 0 Å². The molecule has 1 heterocycles. The highest BCUT2D eigenvalue weighted by Crippen LogP contribution is 2.21. The van der Waals surface area contributed by atoms with E-state index in [0.29, 0.717) is 16.7 Å². The molecule has 1 amide bonds. The van der Waals surface area contributed by atoms with Crippen molar-refractivity contribution in [3.8, 4) is 0 Å². The zero-order chi connectivity index (χ0) is 9.42. The zero-order valence-corrected chi connectivity index (χ0v) is 6.93. The third kappa shape index (κ3) is 1.13. The van der Waals surface area contributed by atoms with E-state index in [9.17, 15) is 9.18 Å². The second-order valence-electron chi connectivity index (χ2n) is 2.92. The van der Waals surface area contributed by atoms with Gasteiger partial charge in [0.05, 0.1) is 0 Å². The van der Waals surface area contributed by atoms with Gasteiger partial charge in [-0.25, -0.2) is 4.39 Å². The quantitative estimate of drug-likeness (QED) is 0.695. The lowest BCUT2D eigenvalue weighted by atomic mass is 10.1. The highest BCUT2D eigenvalue weighted by atomic mass is 19.1. The van der Waals surface area contributed by atoms with Gasteiger partial charge in [-0.15, -0.1) is 0 Å². The third-order valence-electron chi connectivity index (χ3n) is 2.12. The summed E-state index contributed by atoms with van der Waals surface area (Å²) in [5, 5.41) is 2.56. The number of hydrogen-bond acceptors (Lipinski definition) is 1. The molecule has 0 saturated carbocycles. The fourth-order valence-corrected chi connectivity index (χ4v) is 1.42. The van der Waals surface area contributed by atoms with Crippen LogP contribution in [0, 0.1) is 5.82 Å². The smallest absolute Gasteiger partial charge is 0.252 e. The summed E-state index contributed by atoms with van der Waals surface area (Å²) >= 11 is 0. The SMILES string of the molecule is C=Cc1cc(F)c2c(c1)C(=O)NC2. The molecule has 0 atom stereocenters. The Morgan fingerprint density at radius 1 is 1.54 bits per heavy atom. The Balaban J connectivity index is 2.66. The van der Waals surface area contributed by atoms with Gasteiger partial charge in [-0.2, -0.15) is 0 Å². The second-order valence-corrected chi connectivity index (χ2v) is 2.92. The van der Waals surface area contributed by atoms with Gasteiger partial charge >= 0.3 is 0 Å². The number of benzene rings is 1.